The van der Waals surface area contributed by atoms with E-state index in [0.717, 1.165) is 31.4 Å². The summed E-state index contributed by atoms with van der Waals surface area (Å²) in [4.78, 5) is 13.0. The van der Waals surface area contributed by atoms with Crippen LogP contribution in [-0.4, -0.2) is 32.6 Å². The van der Waals surface area contributed by atoms with E-state index in [0.29, 0.717) is 3.97 Å². The van der Waals surface area contributed by atoms with Crippen molar-refractivity contribution in [1.29, 1.82) is 0 Å². The Kier molecular flexibility index (Phi) is 6.88. The number of esters is 1. The second-order valence-corrected chi connectivity index (χ2v) is 12.7. The van der Waals surface area contributed by atoms with Crippen LogP contribution in [0, 0.1) is 19.7 Å². The number of hydrogen-bond donors (Lipinski definition) is 0. The van der Waals surface area contributed by atoms with Gasteiger partial charge in [0.05, 0.1) is 33.2 Å². The Morgan fingerprint density at radius 1 is 1.00 bits per heavy atom. The van der Waals surface area contributed by atoms with Gasteiger partial charge in [0, 0.05) is 12.4 Å². The van der Waals surface area contributed by atoms with E-state index < -0.39 is 45.6 Å². The summed E-state index contributed by atoms with van der Waals surface area (Å²) >= 11 is 6.08. The molecule has 0 saturated heterocycles. The molecule has 1 heterocycles. The van der Waals surface area contributed by atoms with Crippen LogP contribution in [-0.2, 0) is 23.8 Å². The van der Waals surface area contributed by atoms with Crippen LogP contribution in [0.4, 0.5) is 4.39 Å². The topological polar surface area (TPSA) is 91.7 Å². The summed E-state index contributed by atoms with van der Waals surface area (Å²) in [6.45, 7) is 3.55. The molecule has 11 heteroatoms. The summed E-state index contributed by atoms with van der Waals surface area (Å²) in [5.74, 6) is -2.18. The van der Waals surface area contributed by atoms with Crippen LogP contribution in [0.3, 0.4) is 0 Å². The van der Waals surface area contributed by atoms with Crippen molar-refractivity contribution < 1.29 is 31.4 Å². The van der Waals surface area contributed by atoms with E-state index in [1.54, 1.807) is 32.0 Å². The van der Waals surface area contributed by atoms with E-state index in [1.807, 2.05) is 6.07 Å². The maximum absolute atomic E-state index is 15.7. The van der Waals surface area contributed by atoms with Gasteiger partial charge in [-0.2, -0.15) is 0 Å². The van der Waals surface area contributed by atoms with Crippen LogP contribution in [0.25, 0.3) is 10.9 Å². The van der Waals surface area contributed by atoms with Crippen LogP contribution < -0.4 is 10.6 Å². The molecule has 0 spiro atoms. The van der Waals surface area contributed by atoms with Gasteiger partial charge in [-0.25, -0.2) is 21.6 Å². The molecule has 0 N–H and O–H groups in total. The van der Waals surface area contributed by atoms with Crippen LogP contribution in [0.5, 0.6) is 0 Å². The fourth-order valence-electron chi connectivity index (χ4n) is 4.23. The summed E-state index contributed by atoms with van der Waals surface area (Å²) < 4.78 is 69.1. The molecule has 0 aliphatic heterocycles. The Morgan fingerprint density at radius 2 is 1.61 bits per heavy atom. The molecule has 0 aliphatic carbocycles. The molecule has 0 bridgehead atoms. The second kappa shape index (κ2) is 9.48. The molecule has 36 heavy (non-hydrogen) atoms. The number of carbonyl (C=O) groups is 1. The number of aryl methyl sites for hydroxylation is 2. The lowest BCUT2D eigenvalue weighted by molar-refractivity contribution is 0.0594. The third-order valence-corrected chi connectivity index (χ3v) is 10.2. The molecular formula is C25H22ClFNO6PS. The molecule has 0 aliphatic rings. The Hall–Kier alpha value is -2.97. The minimum absolute atomic E-state index is 0.156. The summed E-state index contributed by atoms with van der Waals surface area (Å²) in [6.07, 6.45) is 0. The maximum atomic E-state index is 15.7. The molecule has 0 amide bonds. The van der Waals surface area contributed by atoms with E-state index in [-0.39, 0.29) is 20.7 Å². The van der Waals surface area contributed by atoms with Gasteiger partial charge in [0.2, 0.25) is 0 Å². The lowest BCUT2D eigenvalue weighted by Crippen LogP contribution is -2.28. The van der Waals surface area contributed by atoms with E-state index >= 15 is 4.39 Å². The Morgan fingerprint density at radius 3 is 2.17 bits per heavy atom. The zero-order chi connectivity index (χ0) is 26.4. The molecule has 0 fully saturated rings. The van der Waals surface area contributed by atoms with Gasteiger partial charge in [-0.15, -0.1) is 0 Å². The summed E-state index contributed by atoms with van der Waals surface area (Å²) in [7, 11) is -6.59. The zero-order valence-corrected chi connectivity index (χ0v) is 22.2. The number of aromatic nitrogens is 1. The normalized spacial score (nSPS) is 13.5. The molecule has 3 aromatic carbocycles. The first-order valence-corrected chi connectivity index (χ1v) is 14.1. The van der Waals surface area contributed by atoms with Crippen molar-refractivity contribution in [2.24, 2.45) is 0 Å². The fourth-order valence-corrected chi connectivity index (χ4v) is 8.36. The average molecular weight is 550 g/mol. The number of carbonyl (C=O) groups excluding carboxylic acids is 1. The van der Waals surface area contributed by atoms with Gasteiger partial charge in [-0.3, -0.25) is 4.57 Å². The van der Waals surface area contributed by atoms with Crippen LogP contribution in [0.15, 0.2) is 65.6 Å². The van der Waals surface area contributed by atoms with Gasteiger partial charge in [-0.05, 0) is 50.2 Å². The molecule has 0 saturated carbocycles. The van der Waals surface area contributed by atoms with Crippen LogP contribution >= 0.6 is 19.0 Å². The van der Waals surface area contributed by atoms with Crippen molar-refractivity contribution in [3.05, 3.63) is 88.3 Å². The Labute approximate surface area is 212 Å². The van der Waals surface area contributed by atoms with Gasteiger partial charge < -0.3 is 9.26 Å². The number of ether oxygens (including phenoxy) is 1. The first-order chi connectivity index (χ1) is 17.0. The molecule has 1 unspecified atom stereocenters. The third kappa shape index (κ3) is 4.06. The number of methoxy groups -OCH3 is 1. The molecule has 1 atom stereocenters. The second-order valence-electron chi connectivity index (χ2n) is 8.11. The highest BCUT2D eigenvalue weighted by Gasteiger charge is 2.42. The van der Waals surface area contributed by atoms with Crippen molar-refractivity contribution in [2.75, 3.05) is 14.2 Å². The quantitative estimate of drug-likeness (QED) is 0.250. The van der Waals surface area contributed by atoms with E-state index in [4.69, 9.17) is 20.9 Å². The van der Waals surface area contributed by atoms with Gasteiger partial charge >= 0.3 is 5.97 Å². The average Bonchev–Trinajstić information content (AvgIpc) is 3.22. The van der Waals surface area contributed by atoms with Crippen molar-refractivity contribution in [3.8, 4) is 0 Å². The first-order valence-electron chi connectivity index (χ1n) is 10.6. The van der Waals surface area contributed by atoms with Crippen LogP contribution in [0.1, 0.15) is 21.6 Å². The van der Waals surface area contributed by atoms with Gasteiger partial charge in [-0.1, -0.05) is 47.0 Å². The zero-order valence-electron chi connectivity index (χ0n) is 19.8. The Balaban J connectivity index is 2.28. The van der Waals surface area contributed by atoms with Crippen molar-refractivity contribution >= 4 is 56.5 Å². The highest BCUT2D eigenvalue weighted by atomic mass is 35.5. The molecular weight excluding hydrogens is 528 g/mol. The SMILES string of the molecule is COC(=O)c1c(P(=O)(OC)c2cc(C)cc(C)c2)c2c(F)c(Cl)ccc2n1S(=O)(=O)c1ccccc1. The molecule has 4 rings (SSSR count). The van der Waals surface area contributed by atoms with Crippen molar-refractivity contribution in [2.45, 2.75) is 18.7 Å². The molecule has 1 aromatic heterocycles. The summed E-state index contributed by atoms with van der Waals surface area (Å²) in [5.41, 5.74) is 0.599. The number of benzene rings is 3. The molecule has 7 nitrogen and oxygen atoms in total. The molecule has 188 valence electrons. The smallest absolute Gasteiger partial charge is 0.356 e. The first kappa shape index (κ1) is 26.1. The number of halogens is 2. The lowest BCUT2D eigenvalue weighted by atomic mass is 10.2. The van der Waals surface area contributed by atoms with Crippen molar-refractivity contribution in [1.82, 2.24) is 3.97 Å². The number of nitrogens with zero attached hydrogens (tertiary/aromatic N) is 1. The standard InChI is InChI=1S/C25H22ClFNO6PS/c1-15-12-16(2)14-17(13-15)35(30,34-4)24-21-20(11-10-19(26)22(21)27)28(23(24)25(29)33-3)36(31,32)18-8-6-5-7-9-18/h5-14H,1-4H3. The largest absolute Gasteiger partial charge is 0.464 e. The lowest BCUT2D eigenvalue weighted by Gasteiger charge is -2.19. The fraction of sp³-hybridized carbons (Fsp3) is 0.160. The predicted molar refractivity (Wildman–Crippen MR) is 137 cm³/mol. The summed E-state index contributed by atoms with van der Waals surface area (Å²) in [5, 5.41) is -1.05. The Bertz CT molecular complexity index is 1650. The van der Waals surface area contributed by atoms with Gasteiger partial charge in [0.15, 0.2) is 11.5 Å². The molecule has 4 aromatic rings. The monoisotopic (exact) mass is 549 g/mol. The van der Waals surface area contributed by atoms with E-state index in [1.165, 1.54) is 30.3 Å². The molecule has 0 radical (unpaired) electrons. The van der Waals surface area contributed by atoms with E-state index in [9.17, 15) is 17.8 Å². The highest BCUT2D eigenvalue weighted by molar-refractivity contribution is 7.90. The third-order valence-electron chi connectivity index (χ3n) is 5.71. The van der Waals surface area contributed by atoms with Crippen LogP contribution in [0.2, 0.25) is 5.02 Å². The summed E-state index contributed by atoms with van der Waals surface area (Å²) in [6, 6.07) is 14.7. The minimum atomic E-state index is -4.50. The maximum Gasteiger partial charge on any atom is 0.356 e. The van der Waals surface area contributed by atoms with E-state index in [2.05, 4.69) is 0 Å². The van der Waals surface area contributed by atoms with Gasteiger partial charge in [0.25, 0.3) is 17.4 Å². The van der Waals surface area contributed by atoms with Gasteiger partial charge in [0.1, 0.15) is 0 Å². The highest BCUT2D eigenvalue weighted by Crippen LogP contribution is 2.49. The number of hydrogen-bond acceptors (Lipinski definition) is 6. The van der Waals surface area contributed by atoms with Crippen molar-refractivity contribution in [3.63, 3.8) is 0 Å². The number of fused-ring (bicyclic) bond motifs is 1. The number of rotatable bonds is 6. The predicted octanol–water partition coefficient (Wildman–Crippen LogP) is 4.95. The minimum Gasteiger partial charge on any atom is -0.464 e.